The molecule has 0 spiro atoms. The zero-order valence-corrected chi connectivity index (χ0v) is 17.1. The molecule has 0 amide bonds. The molecule has 2 nitrogen and oxygen atoms in total. The Morgan fingerprint density at radius 2 is 1.85 bits per heavy atom. The predicted octanol–water partition coefficient (Wildman–Crippen LogP) is 5.49. The number of aryl methyl sites for hydroxylation is 1. The van der Waals surface area contributed by atoms with Crippen molar-refractivity contribution in [2.24, 2.45) is 0 Å². The maximum absolute atomic E-state index is 13.0. The number of rotatable bonds is 4. The first-order valence-corrected chi connectivity index (χ1v) is 9.51. The van der Waals surface area contributed by atoms with Crippen molar-refractivity contribution in [2.45, 2.75) is 63.7 Å². The van der Waals surface area contributed by atoms with Crippen LogP contribution in [0.1, 0.15) is 51.2 Å². The lowest BCUT2D eigenvalue weighted by molar-refractivity contribution is -0.137. The molecule has 0 bridgehead atoms. The minimum atomic E-state index is -4.34. The molecular weight excluding hydrogens is 361 g/mol. The Bertz CT molecular complexity index is 622. The molecular formula is C20H30ClF3N2. The van der Waals surface area contributed by atoms with Crippen LogP contribution < -0.4 is 0 Å². The molecule has 1 fully saturated rings. The van der Waals surface area contributed by atoms with Crippen molar-refractivity contribution in [3.63, 3.8) is 0 Å². The Balaban J connectivity index is 2.22. The van der Waals surface area contributed by atoms with Crippen molar-refractivity contribution in [3.05, 3.63) is 34.3 Å². The van der Waals surface area contributed by atoms with Gasteiger partial charge >= 0.3 is 6.18 Å². The molecule has 6 heteroatoms. The summed E-state index contributed by atoms with van der Waals surface area (Å²) in [4.78, 5) is 4.72. The minimum Gasteiger partial charge on any atom is -0.302 e. The quantitative estimate of drug-likeness (QED) is 0.671. The first kappa shape index (κ1) is 21.5. The van der Waals surface area contributed by atoms with E-state index in [-0.39, 0.29) is 11.1 Å². The number of likely N-dealkylation sites (tertiary alicyclic amines) is 1. The van der Waals surface area contributed by atoms with Crippen LogP contribution in [-0.4, -0.2) is 48.1 Å². The molecule has 0 radical (unpaired) electrons. The molecule has 1 saturated heterocycles. The van der Waals surface area contributed by atoms with Gasteiger partial charge in [-0.2, -0.15) is 13.2 Å². The monoisotopic (exact) mass is 390 g/mol. The van der Waals surface area contributed by atoms with Gasteiger partial charge in [0.05, 0.1) is 5.56 Å². The minimum absolute atomic E-state index is 0.0525. The van der Waals surface area contributed by atoms with E-state index in [4.69, 9.17) is 11.6 Å². The summed E-state index contributed by atoms with van der Waals surface area (Å²) in [5.74, 6) is 0. The number of halogens is 4. The van der Waals surface area contributed by atoms with Gasteiger partial charge in [-0.05, 0) is 90.9 Å². The van der Waals surface area contributed by atoms with Crippen LogP contribution in [0.3, 0.4) is 0 Å². The van der Waals surface area contributed by atoms with Crippen LogP contribution >= 0.6 is 11.6 Å². The van der Waals surface area contributed by atoms with E-state index in [0.29, 0.717) is 17.0 Å². The predicted molar refractivity (Wildman–Crippen MR) is 102 cm³/mol. The summed E-state index contributed by atoms with van der Waals surface area (Å²) < 4.78 is 39.1. The van der Waals surface area contributed by atoms with Gasteiger partial charge in [-0.25, -0.2) is 0 Å². The third-order valence-electron chi connectivity index (χ3n) is 5.69. The third-order valence-corrected chi connectivity index (χ3v) is 6.05. The summed E-state index contributed by atoms with van der Waals surface area (Å²) >= 11 is 6.20. The summed E-state index contributed by atoms with van der Waals surface area (Å²) in [5.41, 5.74) is -0.0233. The van der Waals surface area contributed by atoms with Gasteiger partial charge in [-0.1, -0.05) is 11.6 Å². The van der Waals surface area contributed by atoms with Gasteiger partial charge in [-0.3, -0.25) is 4.90 Å². The Hall–Kier alpha value is -0.780. The van der Waals surface area contributed by atoms with E-state index in [2.05, 4.69) is 44.7 Å². The van der Waals surface area contributed by atoms with Gasteiger partial charge in [0.25, 0.3) is 0 Å². The van der Waals surface area contributed by atoms with Crippen LogP contribution in [0.2, 0.25) is 5.02 Å². The summed E-state index contributed by atoms with van der Waals surface area (Å²) in [6, 6.07) is 3.62. The fraction of sp³-hybridized carbons (Fsp3) is 0.700. The highest BCUT2D eigenvalue weighted by molar-refractivity contribution is 6.31. The molecule has 0 N–H and O–H groups in total. The maximum Gasteiger partial charge on any atom is 0.416 e. The summed E-state index contributed by atoms with van der Waals surface area (Å²) in [6.45, 7) is 8.61. The van der Waals surface area contributed by atoms with Crippen molar-refractivity contribution < 1.29 is 13.2 Å². The highest BCUT2D eigenvalue weighted by atomic mass is 35.5. The lowest BCUT2D eigenvalue weighted by Gasteiger charge is -2.51. The van der Waals surface area contributed by atoms with Crippen LogP contribution in [0, 0.1) is 0 Å². The Labute approximate surface area is 160 Å². The Morgan fingerprint density at radius 3 is 2.38 bits per heavy atom. The molecule has 2 rings (SSSR count). The fourth-order valence-electron chi connectivity index (χ4n) is 3.79. The van der Waals surface area contributed by atoms with Crippen LogP contribution in [0.4, 0.5) is 13.2 Å². The number of alkyl halides is 3. The summed E-state index contributed by atoms with van der Waals surface area (Å²) in [5, 5.41) is 0.412. The number of nitrogens with zero attached hydrogens (tertiary/aromatic N) is 2. The third kappa shape index (κ3) is 4.93. The normalized spacial score (nSPS) is 22.8. The van der Waals surface area contributed by atoms with Crippen molar-refractivity contribution in [1.29, 1.82) is 0 Å². The van der Waals surface area contributed by atoms with Crippen molar-refractivity contribution >= 4 is 11.6 Å². The summed E-state index contributed by atoms with van der Waals surface area (Å²) in [7, 11) is 4.14. The van der Waals surface area contributed by atoms with Crippen molar-refractivity contribution in [2.75, 3.05) is 27.2 Å². The largest absolute Gasteiger partial charge is 0.416 e. The van der Waals surface area contributed by atoms with Gasteiger partial charge in [0.15, 0.2) is 0 Å². The lowest BCUT2D eigenvalue weighted by atomic mass is 9.81. The molecule has 0 saturated carbocycles. The highest BCUT2D eigenvalue weighted by Gasteiger charge is 2.40. The van der Waals surface area contributed by atoms with Crippen LogP contribution in [-0.2, 0) is 12.6 Å². The average molecular weight is 391 g/mol. The van der Waals surface area contributed by atoms with E-state index in [1.807, 2.05) is 0 Å². The number of hydrogen-bond acceptors (Lipinski definition) is 2. The Kier molecular flexibility index (Phi) is 6.36. The topological polar surface area (TPSA) is 6.48 Å². The number of piperidine rings is 1. The fourth-order valence-corrected chi connectivity index (χ4v) is 4.00. The van der Waals surface area contributed by atoms with Crippen LogP contribution in [0.15, 0.2) is 18.2 Å². The van der Waals surface area contributed by atoms with Gasteiger partial charge in [0, 0.05) is 22.6 Å². The number of hydrogen-bond donors (Lipinski definition) is 0. The van der Waals surface area contributed by atoms with Crippen LogP contribution in [0.25, 0.3) is 0 Å². The van der Waals surface area contributed by atoms with Gasteiger partial charge in [0.2, 0.25) is 0 Å². The zero-order valence-electron chi connectivity index (χ0n) is 16.4. The van der Waals surface area contributed by atoms with Gasteiger partial charge in [0.1, 0.15) is 0 Å². The SMILES string of the molecule is CN(C)[C@]1(CCc2cc(C(F)(F)F)ccc2Cl)CCCN(C(C)(C)C)C1. The second-order valence-corrected chi connectivity index (χ2v) is 9.03. The average Bonchev–Trinajstić information content (AvgIpc) is 2.52. The molecule has 1 atom stereocenters. The first-order valence-electron chi connectivity index (χ1n) is 9.13. The zero-order chi connectivity index (χ0) is 19.8. The molecule has 1 aromatic carbocycles. The second-order valence-electron chi connectivity index (χ2n) is 8.62. The molecule has 0 unspecified atom stereocenters. The van der Waals surface area contributed by atoms with E-state index in [1.54, 1.807) is 0 Å². The molecule has 148 valence electrons. The van der Waals surface area contributed by atoms with E-state index in [1.165, 1.54) is 12.1 Å². The van der Waals surface area contributed by atoms with Gasteiger partial charge in [-0.15, -0.1) is 0 Å². The standard InChI is InChI=1S/C20H30ClF3N2/c1-18(2,3)26-12-6-10-19(14-26,25(4)5)11-9-15-13-16(20(22,23)24)7-8-17(15)21/h7-8,13H,6,9-12,14H2,1-5H3/t19-/m0/s1. The second kappa shape index (κ2) is 7.69. The molecule has 0 aliphatic carbocycles. The first-order chi connectivity index (χ1) is 11.8. The van der Waals surface area contributed by atoms with Gasteiger partial charge < -0.3 is 4.90 Å². The van der Waals surface area contributed by atoms with E-state index < -0.39 is 11.7 Å². The molecule has 1 aliphatic rings. The molecule has 26 heavy (non-hydrogen) atoms. The molecule has 1 aliphatic heterocycles. The molecule has 1 aromatic rings. The van der Waals surface area contributed by atoms with Crippen molar-refractivity contribution in [3.8, 4) is 0 Å². The lowest BCUT2D eigenvalue weighted by Crippen LogP contribution is -2.60. The van der Waals surface area contributed by atoms with Crippen molar-refractivity contribution in [1.82, 2.24) is 9.80 Å². The highest BCUT2D eigenvalue weighted by Crippen LogP contribution is 2.36. The van der Waals surface area contributed by atoms with Crippen LogP contribution in [0.5, 0.6) is 0 Å². The molecule has 0 aromatic heterocycles. The Morgan fingerprint density at radius 1 is 1.19 bits per heavy atom. The smallest absolute Gasteiger partial charge is 0.302 e. The van der Waals surface area contributed by atoms with E-state index >= 15 is 0 Å². The molecule has 1 heterocycles. The van der Waals surface area contributed by atoms with E-state index in [9.17, 15) is 13.2 Å². The van der Waals surface area contributed by atoms with E-state index in [0.717, 1.165) is 38.4 Å². The number of likely N-dealkylation sites (N-methyl/N-ethyl adjacent to an activating group) is 1. The number of benzene rings is 1. The summed E-state index contributed by atoms with van der Waals surface area (Å²) in [6.07, 6.45) is -0.881. The maximum atomic E-state index is 13.0.